The Labute approximate surface area is 122 Å². The van der Waals surface area contributed by atoms with E-state index in [1.54, 1.807) is 29.2 Å². The average molecular weight is 294 g/mol. The summed E-state index contributed by atoms with van der Waals surface area (Å²) in [7, 11) is 0. The summed E-state index contributed by atoms with van der Waals surface area (Å²) in [4.78, 5) is 25.2. The lowest BCUT2D eigenvalue weighted by Gasteiger charge is -2.23. The minimum atomic E-state index is -1.05. The number of benzene rings is 1. The number of carboxylic acid groups (broad SMARTS) is 1. The molecule has 5 nitrogen and oxygen atoms in total. The molecule has 2 rings (SSSR count). The van der Waals surface area contributed by atoms with Crippen molar-refractivity contribution in [3.8, 4) is 0 Å². The number of carbonyl (C=O) groups is 2. The summed E-state index contributed by atoms with van der Waals surface area (Å²) in [5.74, 6) is 0.898. The normalized spacial score (nSPS) is 17.1. The van der Waals surface area contributed by atoms with E-state index in [1.807, 2.05) is 17.8 Å². The summed E-state index contributed by atoms with van der Waals surface area (Å²) in [6.07, 6.45) is 0.946. The molecule has 0 radical (unpaired) electrons. The van der Waals surface area contributed by atoms with Crippen LogP contribution in [0.2, 0.25) is 0 Å². The SMILES string of the molecule is O=C(O)[C@H](NC(=O)N1CCCSCC1)c1ccccc1. The predicted molar refractivity (Wildman–Crippen MR) is 78.9 cm³/mol. The Kier molecular flexibility index (Phi) is 5.29. The van der Waals surface area contributed by atoms with Crippen LogP contribution in [0.1, 0.15) is 18.0 Å². The van der Waals surface area contributed by atoms with Gasteiger partial charge in [0.25, 0.3) is 0 Å². The first-order chi connectivity index (χ1) is 9.68. The molecule has 1 aliphatic rings. The van der Waals surface area contributed by atoms with E-state index in [2.05, 4.69) is 5.32 Å². The van der Waals surface area contributed by atoms with Gasteiger partial charge in [-0.3, -0.25) is 0 Å². The molecular formula is C14H18N2O3S. The van der Waals surface area contributed by atoms with Crippen LogP contribution in [0.5, 0.6) is 0 Å². The number of carbonyl (C=O) groups excluding carboxylic acids is 1. The Morgan fingerprint density at radius 1 is 1.20 bits per heavy atom. The van der Waals surface area contributed by atoms with Crippen LogP contribution in [0.25, 0.3) is 0 Å². The summed E-state index contributed by atoms with van der Waals surface area (Å²) in [6.45, 7) is 1.34. The van der Waals surface area contributed by atoms with Crippen LogP contribution in [-0.2, 0) is 4.79 Å². The lowest BCUT2D eigenvalue weighted by molar-refractivity contribution is -0.139. The number of aliphatic carboxylic acids is 1. The molecule has 0 spiro atoms. The highest BCUT2D eigenvalue weighted by Gasteiger charge is 2.24. The maximum atomic E-state index is 12.2. The van der Waals surface area contributed by atoms with Gasteiger partial charge >= 0.3 is 12.0 Å². The molecule has 1 aliphatic heterocycles. The van der Waals surface area contributed by atoms with Crippen molar-refractivity contribution in [2.45, 2.75) is 12.5 Å². The van der Waals surface area contributed by atoms with Gasteiger partial charge in [-0.15, -0.1) is 0 Å². The zero-order chi connectivity index (χ0) is 14.4. The monoisotopic (exact) mass is 294 g/mol. The maximum Gasteiger partial charge on any atom is 0.330 e. The fourth-order valence-corrected chi connectivity index (χ4v) is 2.98. The highest BCUT2D eigenvalue weighted by atomic mass is 32.2. The summed E-state index contributed by atoms with van der Waals surface area (Å²) in [5.41, 5.74) is 0.581. The van der Waals surface area contributed by atoms with Gasteiger partial charge in [0.1, 0.15) is 0 Å². The van der Waals surface area contributed by atoms with Crippen molar-refractivity contribution in [2.75, 3.05) is 24.6 Å². The number of urea groups is 1. The zero-order valence-electron chi connectivity index (χ0n) is 11.1. The molecule has 1 fully saturated rings. The maximum absolute atomic E-state index is 12.2. The van der Waals surface area contributed by atoms with Crippen molar-refractivity contribution < 1.29 is 14.7 Å². The van der Waals surface area contributed by atoms with Gasteiger partial charge in [0, 0.05) is 18.8 Å². The Morgan fingerprint density at radius 2 is 1.95 bits per heavy atom. The molecule has 108 valence electrons. The van der Waals surface area contributed by atoms with Crippen LogP contribution in [0.15, 0.2) is 30.3 Å². The molecule has 1 atom stereocenters. The minimum absolute atomic E-state index is 0.302. The van der Waals surface area contributed by atoms with Gasteiger partial charge in [0.15, 0.2) is 6.04 Å². The molecular weight excluding hydrogens is 276 g/mol. The molecule has 1 aromatic rings. The van der Waals surface area contributed by atoms with Gasteiger partial charge in [-0.05, 0) is 17.7 Å². The molecule has 1 aromatic carbocycles. The highest BCUT2D eigenvalue weighted by molar-refractivity contribution is 7.99. The number of amides is 2. The topological polar surface area (TPSA) is 69.6 Å². The lowest BCUT2D eigenvalue weighted by Crippen LogP contribution is -2.44. The van der Waals surface area contributed by atoms with E-state index in [1.165, 1.54) is 0 Å². The number of rotatable bonds is 3. The van der Waals surface area contributed by atoms with Crippen molar-refractivity contribution in [2.24, 2.45) is 0 Å². The molecule has 0 unspecified atom stereocenters. The van der Waals surface area contributed by atoms with Gasteiger partial charge < -0.3 is 15.3 Å². The molecule has 1 heterocycles. The molecule has 2 amide bonds. The second-order valence-corrected chi connectivity index (χ2v) is 5.81. The lowest BCUT2D eigenvalue weighted by atomic mass is 10.1. The number of nitrogens with one attached hydrogen (secondary N) is 1. The first-order valence-corrected chi connectivity index (χ1v) is 7.75. The van der Waals surface area contributed by atoms with Crippen molar-refractivity contribution in [3.63, 3.8) is 0 Å². The third-order valence-electron chi connectivity index (χ3n) is 3.16. The molecule has 0 aromatic heterocycles. The van der Waals surface area contributed by atoms with Crippen LogP contribution in [0.3, 0.4) is 0 Å². The molecule has 2 N–H and O–H groups in total. The molecule has 0 bridgehead atoms. The van der Waals surface area contributed by atoms with Gasteiger partial charge in [-0.1, -0.05) is 30.3 Å². The predicted octanol–water partition coefficient (Wildman–Crippen LogP) is 1.96. The first kappa shape index (κ1) is 14.7. The van der Waals surface area contributed by atoms with Crippen LogP contribution >= 0.6 is 11.8 Å². The smallest absolute Gasteiger partial charge is 0.330 e. The van der Waals surface area contributed by atoms with Gasteiger partial charge in [0.05, 0.1) is 0 Å². The molecule has 1 saturated heterocycles. The Morgan fingerprint density at radius 3 is 2.65 bits per heavy atom. The third kappa shape index (κ3) is 3.90. The summed E-state index contributed by atoms with van der Waals surface area (Å²) in [5, 5.41) is 11.9. The van der Waals surface area contributed by atoms with Crippen LogP contribution in [0.4, 0.5) is 4.79 Å². The molecule has 6 heteroatoms. The van der Waals surface area contributed by atoms with Crippen LogP contribution in [-0.4, -0.2) is 46.6 Å². The second kappa shape index (κ2) is 7.19. The van der Waals surface area contributed by atoms with E-state index in [4.69, 9.17) is 0 Å². The summed E-state index contributed by atoms with van der Waals surface area (Å²) in [6, 6.07) is 7.45. The van der Waals surface area contributed by atoms with Gasteiger partial charge in [0.2, 0.25) is 0 Å². The Hall–Kier alpha value is -1.69. The van der Waals surface area contributed by atoms with Crippen LogP contribution in [0, 0.1) is 0 Å². The fraction of sp³-hybridized carbons (Fsp3) is 0.429. The number of carboxylic acids is 1. The first-order valence-electron chi connectivity index (χ1n) is 6.59. The van der Waals surface area contributed by atoms with Crippen molar-refractivity contribution in [3.05, 3.63) is 35.9 Å². The number of thioether (sulfide) groups is 1. The second-order valence-electron chi connectivity index (χ2n) is 4.58. The Bertz CT molecular complexity index is 459. The number of hydrogen-bond donors (Lipinski definition) is 2. The average Bonchev–Trinajstić information content (AvgIpc) is 2.74. The zero-order valence-corrected chi connectivity index (χ0v) is 11.9. The largest absolute Gasteiger partial charge is 0.479 e. The van der Waals surface area contributed by atoms with Crippen molar-refractivity contribution in [1.29, 1.82) is 0 Å². The van der Waals surface area contributed by atoms with E-state index in [0.717, 1.165) is 17.9 Å². The number of nitrogens with zero attached hydrogens (tertiary/aromatic N) is 1. The van der Waals surface area contributed by atoms with Gasteiger partial charge in [-0.25, -0.2) is 9.59 Å². The third-order valence-corrected chi connectivity index (χ3v) is 4.21. The van der Waals surface area contributed by atoms with Crippen LogP contribution < -0.4 is 5.32 Å². The van der Waals surface area contributed by atoms with E-state index < -0.39 is 12.0 Å². The van der Waals surface area contributed by atoms with E-state index in [0.29, 0.717) is 18.7 Å². The van der Waals surface area contributed by atoms with Crippen molar-refractivity contribution in [1.82, 2.24) is 10.2 Å². The highest BCUT2D eigenvalue weighted by Crippen LogP contribution is 2.15. The van der Waals surface area contributed by atoms with E-state index >= 15 is 0 Å². The number of hydrogen-bond acceptors (Lipinski definition) is 3. The van der Waals surface area contributed by atoms with E-state index in [9.17, 15) is 14.7 Å². The molecule has 0 saturated carbocycles. The standard InChI is InChI=1S/C14H18N2O3S/c17-13(18)12(11-5-2-1-3-6-11)15-14(19)16-7-4-9-20-10-8-16/h1-3,5-6,12H,4,7-10H2,(H,15,19)(H,17,18)/t12-/m1/s1. The van der Waals surface area contributed by atoms with Crippen molar-refractivity contribution >= 4 is 23.8 Å². The molecule has 20 heavy (non-hydrogen) atoms. The Balaban J connectivity index is 2.04. The van der Waals surface area contributed by atoms with Gasteiger partial charge in [-0.2, -0.15) is 11.8 Å². The summed E-state index contributed by atoms with van der Waals surface area (Å²) >= 11 is 1.82. The minimum Gasteiger partial charge on any atom is -0.479 e. The quantitative estimate of drug-likeness (QED) is 0.894. The van der Waals surface area contributed by atoms with E-state index in [-0.39, 0.29) is 6.03 Å². The molecule has 0 aliphatic carbocycles. The summed E-state index contributed by atoms with van der Waals surface area (Å²) < 4.78 is 0. The fourth-order valence-electron chi connectivity index (χ4n) is 2.10.